The summed E-state index contributed by atoms with van der Waals surface area (Å²) in [7, 11) is 0. The smallest absolute Gasteiger partial charge is 0.156 e. The molecule has 2 aromatic rings. The van der Waals surface area contributed by atoms with Crippen molar-refractivity contribution in [3.05, 3.63) is 35.2 Å². The third-order valence-corrected chi connectivity index (χ3v) is 1.90. The molecule has 0 aliphatic carbocycles. The van der Waals surface area contributed by atoms with Crippen molar-refractivity contribution in [3.63, 3.8) is 0 Å². The maximum absolute atomic E-state index is 8.66. The molecule has 0 aliphatic rings. The highest BCUT2D eigenvalue weighted by atomic mass is 35.5. The Morgan fingerprint density at radius 3 is 3.17 bits per heavy atom. The molecule has 0 aromatic carbocycles. The van der Waals surface area contributed by atoms with Gasteiger partial charge in [0.2, 0.25) is 0 Å². The predicted octanol–water partition coefficient (Wildman–Crippen LogP) is 1.86. The summed E-state index contributed by atoms with van der Waals surface area (Å²) in [6.45, 7) is 0. The lowest BCUT2D eigenvalue weighted by molar-refractivity contribution is 1.15. The van der Waals surface area contributed by atoms with Gasteiger partial charge < -0.3 is 0 Å². The molecule has 0 radical (unpaired) electrons. The van der Waals surface area contributed by atoms with Crippen molar-refractivity contribution in [3.8, 4) is 6.07 Å². The number of fused-ring (bicyclic) bond motifs is 1. The quantitative estimate of drug-likeness (QED) is 0.616. The molecule has 2 rings (SSSR count). The number of nitrogens with zero attached hydrogens (tertiary/aromatic N) is 3. The first kappa shape index (κ1) is 7.14. The van der Waals surface area contributed by atoms with E-state index in [1.807, 2.05) is 6.07 Å². The van der Waals surface area contributed by atoms with Gasteiger partial charge in [-0.15, -0.1) is 0 Å². The number of halogens is 1. The van der Waals surface area contributed by atoms with Crippen LogP contribution in [0.2, 0.25) is 5.02 Å². The number of hydrogen-bond acceptors (Lipinski definition) is 2. The molecule has 0 bridgehead atoms. The molecule has 0 unspecified atom stereocenters. The molecular weight excluding hydrogens is 174 g/mol. The van der Waals surface area contributed by atoms with Crippen molar-refractivity contribution in [2.75, 3.05) is 0 Å². The van der Waals surface area contributed by atoms with Gasteiger partial charge in [-0.1, -0.05) is 11.6 Å². The van der Waals surface area contributed by atoms with Crippen LogP contribution < -0.4 is 0 Å². The number of nitriles is 1. The van der Waals surface area contributed by atoms with Gasteiger partial charge in [0, 0.05) is 6.20 Å². The standard InChI is InChI=1S/C8H4ClN3/c9-7-2-1-3-12-6(4-10)5-11-8(7)12/h1-3,5H. The van der Waals surface area contributed by atoms with E-state index in [0.717, 1.165) is 0 Å². The first-order valence-electron chi connectivity index (χ1n) is 3.34. The Morgan fingerprint density at radius 2 is 2.42 bits per heavy atom. The van der Waals surface area contributed by atoms with E-state index in [9.17, 15) is 0 Å². The molecule has 0 aliphatic heterocycles. The van der Waals surface area contributed by atoms with Gasteiger partial charge in [-0.3, -0.25) is 4.40 Å². The second kappa shape index (κ2) is 2.50. The van der Waals surface area contributed by atoms with Crippen LogP contribution in [0.3, 0.4) is 0 Å². The zero-order valence-corrected chi connectivity index (χ0v) is 6.78. The van der Waals surface area contributed by atoms with Crippen LogP contribution in [0.25, 0.3) is 5.65 Å². The topological polar surface area (TPSA) is 41.1 Å². The van der Waals surface area contributed by atoms with E-state index in [1.54, 1.807) is 22.7 Å². The van der Waals surface area contributed by atoms with Gasteiger partial charge in [0.1, 0.15) is 11.8 Å². The SMILES string of the molecule is N#Cc1cnc2c(Cl)cccn12. The van der Waals surface area contributed by atoms with Crippen LogP contribution in [0.15, 0.2) is 24.5 Å². The van der Waals surface area contributed by atoms with Gasteiger partial charge >= 0.3 is 0 Å². The number of hydrogen-bond donors (Lipinski definition) is 0. The maximum atomic E-state index is 8.66. The summed E-state index contributed by atoms with van der Waals surface area (Å²) in [6, 6.07) is 5.54. The average molecular weight is 178 g/mol. The van der Waals surface area contributed by atoms with Crippen molar-refractivity contribution in [2.45, 2.75) is 0 Å². The molecule has 0 saturated heterocycles. The molecule has 3 nitrogen and oxygen atoms in total. The van der Waals surface area contributed by atoms with E-state index in [2.05, 4.69) is 4.98 Å². The lowest BCUT2D eigenvalue weighted by Gasteiger charge is -1.94. The highest BCUT2D eigenvalue weighted by Crippen LogP contribution is 2.15. The number of rotatable bonds is 0. The normalized spacial score (nSPS) is 10.0. The van der Waals surface area contributed by atoms with Crippen molar-refractivity contribution in [2.24, 2.45) is 0 Å². The Hall–Kier alpha value is -1.53. The van der Waals surface area contributed by atoms with Gasteiger partial charge in [-0.25, -0.2) is 4.98 Å². The second-order valence-corrected chi connectivity index (χ2v) is 2.71. The first-order chi connectivity index (χ1) is 5.83. The second-order valence-electron chi connectivity index (χ2n) is 2.30. The van der Waals surface area contributed by atoms with Gasteiger partial charge in [-0.05, 0) is 12.1 Å². The van der Waals surface area contributed by atoms with Crippen molar-refractivity contribution < 1.29 is 0 Å². The summed E-state index contributed by atoms with van der Waals surface area (Å²) in [5.74, 6) is 0. The fourth-order valence-electron chi connectivity index (χ4n) is 1.06. The van der Waals surface area contributed by atoms with Crippen LogP contribution >= 0.6 is 11.6 Å². The molecule has 0 saturated carbocycles. The van der Waals surface area contributed by atoms with Crippen LogP contribution in [-0.4, -0.2) is 9.38 Å². The zero-order valence-electron chi connectivity index (χ0n) is 6.03. The molecular formula is C8H4ClN3. The molecule has 0 amide bonds. The Bertz CT molecular complexity index is 467. The minimum atomic E-state index is 0.493. The van der Waals surface area contributed by atoms with Crippen LogP contribution in [-0.2, 0) is 0 Å². The van der Waals surface area contributed by atoms with E-state index >= 15 is 0 Å². The zero-order chi connectivity index (χ0) is 8.55. The fourth-order valence-corrected chi connectivity index (χ4v) is 1.27. The maximum Gasteiger partial charge on any atom is 0.156 e. The Labute approximate surface area is 73.8 Å². The number of imidazole rings is 1. The highest BCUT2D eigenvalue weighted by molar-refractivity contribution is 6.33. The summed E-state index contributed by atoms with van der Waals surface area (Å²) in [5, 5.41) is 9.22. The summed E-state index contributed by atoms with van der Waals surface area (Å²) in [6.07, 6.45) is 3.26. The van der Waals surface area contributed by atoms with Gasteiger partial charge in [0.25, 0.3) is 0 Å². The summed E-state index contributed by atoms with van der Waals surface area (Å²) in [4.78, 5) is 4.00. The summed E-state index contributed by atoms with van der Waals surface area (Å²) < 4.78 is 1.66. The van der Waals surface area contributed by atoms with Gasteiger partial charge in [-0.2, -0.15) is 5.26 Å². The van der Waals surface area contributed by atoms with Crippen molar-refractivity contribution in [1.29, 1.82) is 5.26 Å². The summed E-state index contributed by atoms with van der Waals surface area (Å²) >= 11 is 5.83. The Kier molecular flexibility index (Phi) is 1.49. The summed E-state index contributed by atoms with van der Waals surface area (Å²) in [5.41, 5.74) is 1.11. The van der Waals surface area contributed by atoms with E-state index in [4.69, 9.17) is 16.9 Å². The van der Waals surface area contributed by atoms with Gasteiger partial charge in [0.05, 0.1) is 11.2 Å². The molecule has 2 aromatic heterocycles. The highest BCUT2D eigenvalue weighted by Gasteiger charge is 2.03. The fraction of sp³-hybridized carbons (Fsp3) is 0. The van der Waals surface area contributed by atoms with Crippen LogP contribution in [0.5, 0.6) is 0 Å². The molecule has 58 valence electrons. The van der Waals surface area contributed by atoms with Gasteiger partial charge in [0.15, 0.2) is 5.65 Å². The Morgan fingerprint density at radius 1 is 1.58 bits per heavy atom. The lowest BCUT2D eigenvalue weighted by Crippen LogP contribution is -1.86. The minimum absolute atomic E-state index is 0.493. The Balaban J connectivity index is 2.91. The molecule has 12 heavy (non-hydrogen) atoms. The molecule has 0 N–H and O–H groups in total. The van der Waals surface area contributed by atoms with Crippen LogP contribution in [0, 0.1) is 11.3 Å². The lowest BCUT2D eigenvalue weighted by atomic mass is 10.4. The first-order valence-corrected chi connectivity index (χ1v) is 3.72. The van der Waals surface area contributed by atoms with E-state index in [0.29, 0.717) is 16.4 Å². The van der Waals surface area contributed by atoms with E-state index < -0.39 is 0 Å². The third-order valence-electron chi connectivity index (χ3n) is 1.60. The van der Waals surface area contributed by atoms with Crippen molar-refractivity contribution >= 4 is 17.2 Å². The molecule has 2 heterocycles. The largest absolute Gasteiger partial charge is 0.290 e. The predicted molar refractivity (Wildman–Crippen MR) is 44.9 cm³/mol. The molecule has 0 spiro atoms. The number of pyridine rings is 1. The molecule has 0 atom stereocenters. The van der Waals surface area contributed by atoms with Crippen molar-refractivity contribution in [1.82, 2.24) is 9.38 Å². The monoisotopic (exact) mass is 177 g/mol. The average Bonchev–Trinajstić information content (AvgIpc) is 2.49. The third kappa shape index (κ3) is 0.858. The van der Waals surface area contributed by atoms with E-state index in [1.165, 1.54) is 6.20 Å². The number of aromatic nitrogens is 2. The minimum Gasteiger partial charge on any atom is -0.290 e. The molecule has 0 fully saturated rings. The van der Waals surface area contributed by atoms with Crippen LogP contribution in [0.4, 0.5) is 0 Å². The molecule has 4 heteroatoms. The van der Waals surface area contributed by atoms with Crippen LogP contribution in [0.1, 0.15) is 5.69 Å². The van der Waals surface area contributed by atoms with E-state index in [-0.39, 0.29) is 0 Å².